The lowest BCUT2D eigenvalue weighted by Crippen LogP contribution is -2.50. The lowest BCUT2D eigenvalue weighted by Gasteiger charge is -2.33. The predicted molar refractivity (Wildman–Crippen MR) is 224 cm³/mol. The van der Waals surface area contributed by atoms with Crippen LogP contribution in [0.3, 0.4) is 0 Å². The van der Waals surface area contributed by atoms with Crippen LogP contribution < -0.4 is 14.5 Å². The highest BCUT2D eigenvalue weighted by Gasteiger charge is 2.44. The van der Waals surface area contributed by atoms with Crippen LogP contribution in [-0.2, 0) is 25.8 Å². The van der Waals surface area contributed by atoms with E-state index in [1.807, 2.05) is 56.5 Å². The molecule has 292 valence electrons. The van der Waals surface area contributed by atoms with Gasteiger partial charge >= 0.3 is 0 Å². The van der Waals surface area contributed by atoms with Crippen molar-refractivity contribution < 1.29 is 14.3 Å². The first-order valence-electron chi connectivity index (χ1n) is 19.7. The van der Waals surface area contributed by atoms with E-state index in [9.17, 15) is 9.59 Å². The topological polar surface area (TPSA) is 128 Å². The second-order valence-electron chi connectivity index (χ2n) is 15.0. The second-order valence-corrected chi connectivity index (χ2v) is 15.8. The Bertz CT molecular complexity index is 2420. The van der Waals surface area contributed by atoms with Gasteiger partial charge < -0.3 is 14.3 Å². The summed E-state index contributed by atoms with van der Waals surface area (Å²) >= 11 is 3.65. The first-order valence-corrected chi connectivity index (χ1v) is 20.5. The number of imidazole rings is 2. The summed E-state index contributed by atoms with van der Waals surface area (Å²) in [5.41, 5.74) is 6.05. The Balaban J connectivity index is 0.000000160. The standard InChI is InChI=1S/C26H26BrN5O2.C17H19N5O/c1-3-30-25(33)22-24(32-15-20(29-26(30)32)12-17-7-5-4-6-8-17)28-16(2)31(22)14-18-11-19-9-10-34-23(19)21(27)13-18;1-3-21-16(23)14-15(19-11(2)18-14)22-10-13(20-17(21)22)9-12-7-5-4-6-8-12/h4-8,11,13,20H,3,9-10,12,14-15H2,1-2H3;4-8,13H,3,9-10H2,1-2H3,(H,18,19)/t20-;13-/m11/s1. The van der Waals surface area contributed by atoms with E-state index in [0.29, 0.717) is 43.4 Å². The fourth-order valence-electron chi connectivity index (χ4n) is 8.50. The molecule has 13 nitrogen and oxygen atoms in total. The van der Waals surface area contributed by atoms with Gasteiger partial charge in [-0.05, 0) is 84.8 Å². The molecule has 2 atom stereocenters. The number of guanidine groups is 2. The first-order chi connectivity index (χ1) is 27.7. The van der Waals surface area contributed by atoms with Gasteiger partial charge in [0.2, 0.25) is 11.9 Å². The summed E-state index contributed by atoms with van der Waals surface area (Å²) in [6.45, 7) is 11.7. The molecule has 0 aliphatic carbocycles. The van der Waals surface area contributed by atoms with Crippen molar-refractivity contribution in [2.45, 2.75) is 65.6 Å². The van der Waals surface area contributed by atoms with Crippen LogP contribution in [-0.4, -0.2) is 97.9 Å². The molecule has 3 aromatic carbocycles. The number of hydrogen-bond acceptors (Lipinski definition) is 9. The fourth-order valence-corrected chi connectivity index (χ4v) is 9.16. The maximum Gasteiger partial charge on any atom is 0.281 e. The highest BCUT2D eigenvalue weighted by Crippen LogP contribution is 2.37. The number of aromatic nitrogens is 4. The van der Waals surface area contributed by atoms with Crippen molar-refractivity contribution in [2.75, 3.05) is 42.6 Å². The number of benzene rings is 3. The van der Waals surface area contributed by atoms with Crippen LogP contribution in [0.5, 0.6) is 5.75 Å². The molecule has 7 heterocycles. The van der Waals surface area contributed by atoms with Crippen molar-refractivity contribution in [3.8, 4) is 5.75 Å². The Kier molecular flexibility index (Phi) is 9.67. The Morgan fingerprint density at radius 1 is 0.772 bits per heavy atom. The fraction of sp³-hybridized carbons (Fsp3) is 0.349. The van der Waals surface area contributed by atoms with Crippen LogP contribution in [0.4, 0.5) is 11.6 Å². The number of rotatable bonds is 8. The Hall–Kier alpha value is -5.76. The zero-order valence-electron chi connectivity index (χ0n) is 32.6. The lowest BCUT2D eigenvalue weighted by atomic mass is 10.1. The zero-order chi connectivity index (χ0) is 39.4. The molecule has 2 aromatic heterocycles. The number of ether oxygens (including phenoxy) is 1. The number of hydrogen-bond donors (Lipinski definition) is 1. The molecule has 0 radical (unpaired) electrons. The zero-order valence-corrected chi connectivity index (χ0v) is 34.2. The highest BCUT2D eigenvalue weighted by molar-refractivity contribution is 9.10. The number of anilines is 2. The molecule has 0 spiro atoms. The molecule has 5 aliphatic rings. The molecule has 10 rings (SSSR count). The van der Waals surface area contributed by atoms with E-state index < -0.39 is 0 Å². The third-order valence-corrected chi connectivity index (χ3v) is 11.7. The summed E-state index contributed by atoms with van der Waals surface area (Å²) in [7, 11) is 0. The summed E-state index contributed by atoms with van der Waals surface area (Å²) in [5.74, 6) is 5.35. The number of H-pyrrole nitrogens is 1. The summed E-state index contributed by atoms with van der Waals surface area (Å²) in [6, 6.07) is 25.2. The number of aliphatic imine (C=N–C) groups is 2. The number of aryl methyl sites for hydroxylation is 2. The normalized spacial score (nSPS) is 19.0. The monoisotopic (exact) mass is 828 g/mol. The smallest absolute Gasteiger partial charge is 0.281 e. The molecule has 0 unspecified atom stereocenters. The number of nitrogens with one attached hydrogen (secondary N) is 1. The van der Waals surface area contributed by atoms with Gasteiger partial charge in [-0.15, -0.1) is 0 Å². The van der Waals surface area contributed by atoms with Crippen molar-refractivity contribution in [3.05, 3.63) is 123 Å². The summed E-state index contributed by atoms with van der Waals surface area (Å²) in [6.07, 6.45) is 2.61. The van der Waals surface area contributed by atoms with E-state index in [-0.39, 0.29) is 23.9 Å². The number of amides is 2. The number of nitrogens with zero attached hydrogens (tertiary/aromatic N) is 9. The highest BCUT2D eigenvalue weighted by atomic mass is 79.9. The number of halogens is 1. The van der Waals surface area contributed by atoms with E-state index in [1.54, 1.807) is 9.80 Å². The van der Waals surface area contributed by atoms with E-state index in [2.05, 4.69) is 84.2 Å². The molecule has 1 N–H and O–H groups in total. The van der Waals surface area contributed by atoms with E-state index in [1.165, 1.54) is 16.7 Å². The quantitative estimate of drug-likeness (QED) is 0.198. The third-order valence-electron chi connectivity index (χ3n) is 11.1. The minimum Gasteiger partial charge on any atom is -0.492 e. The number of fused-ring (bicyclic) bond motifs is 7. The Labute approximate surface area is 340 Å². The summed E-state index contributed by atoms with van der Waals surface area (Å²) in [4.78, 5) is 56.2. The maximum absolute atomic E-state index is 13.7. The molecule has 14 heteroatoms. The van der Waals surface area contributed by atoms with Crippen LogP contribution in [0.2, 0.25) is 0 Å². The minimum atomic E-state index is -0.0431. The van der Waals surface area contributed by atoms with Gasteiger partial charge in [0.05, 0.1) is 36.3 Å². The lowest BCUT2D eigenvalue weighted by molar-refractivity contribution is 0.0830. The molecule has 5 aromatic rings. The van der Waals surface area contributed by atoms with Crippen LogP contribution >= 0.6 is 15.9 Å². The van der Waals surface area contributed by atoms with Crippen LogP contribution in [0.15, 0.2) is 87.3 Å². The second kappa shape index (κ2) is 15.0. The van der Waals surface area contributed by atoms with Gasteiger partial charge in [0, 0.05) is 26.1 Å². The average Bonchev–Trinajstić information content (AvgIpc) is 4.05. The van der Waals surface area contributed by atoms with Crippen LogP contribution in [0, 0.1) is 13.8 Å². The van der Waals surface area contributed by atoms with Crippen molar-refractivity contribution >= 4 is 51.3 Å². The molecule has 0 fully saturated rings. The van der Waals surface area contributed by atoms with Gasteiger partial charge in [-0.2, -0.15) is 0 Å². The van der Waals surface area contributed by atoms with Crippen molar-refractivity contribution in [3.63, 3.8) is 0 Å². The van der Waals surface area contributed by atoms with Gasteiger partial charge in [0.1, 0.15) is 23.1 Å². The van der Waals surface area contributed by atoms with Crippen molar-refractivity contribution in [1.29, 1.82) is 0 Å². The van der Waals surface area contributed by atoms with E-state index in [0.717, 1.165) is 77.5 Å². The van der Waals surface area contributed by atoms with E-state index in [4.69, 9.17) is 19.7 Å². The first kappa shape index (κ1) is 36.9. The molecule has 0 saturated carbocycles. The Morgan fingerprint density at radius 3 is 1.98 bits per heavy atom. The molecule has 0 saturated heterocycles. The summed E-state index contributed by atoms with van der Waals surface area (Å²) in [5, 5.41) is 0. The Morgan fingerprint density at radius 2 is 1.37 bits per heavy atom. The molecule has 5 aliphatic heterocycles. The number of carbonyl (C=O) groups is 2. The van der Waals surface area contributed by atoms with Gasteiger partial charge in [0.25, 0.3) is 11.8 Å². The third kappa shape index (κ3) is 6.69. The predicted octanol–water partition coefficient (Wildman–Crippen LogP) is 6.18. The molecule has 0 bridgehead atoms. The molecular formula is C43H45BrN10O3. The largest absolute Gasteiger partial charge is 0.492 e. The van der Waals surface area contributed by atoms with Crippen molar-refractivity contribution in [2.24, 2.45) is 9.98 Å². The summed E-state index contributed by atoms with van der Waals surface area (Å²) < 4.78 is 8.74. The van der Waals surface area contributed by atoms with E-state index >= 15 is 0 Å². The van der Waals surface area contributed by atoms with Crippen LogP contribution in [0.25, 0.3) is 0 Å². The molecular weight excluding hydrogens is 784 g/mol. The maximum atomic E-state index is 13.7. The van der Waals surface area contributed by atoms with Crippen LogP contribution in [0.1, 0.15) is 68.7 Å². The SMILES string of the molecule is CCN1C(=O)c2[nH]c(C)nc2N2C[C@@H](Cc3ccccc3)N=C12.CCN1C(=O)c2c(nc(C)n2Cc2cc(Br)c3c(c2)CCO3)N2C[C@@H](Cc3ccccc3)N=C12. The van der Waals surface area contributed by atoms with Gasteiger partial charge in [-0.3, -0.25) is 29.2 Å². The number of aromatic amines is 1. The average molecular weight is 830 g/mol. The molecule has 57 heavy (non-hydrogen) atoms. The van der Waals surface area contributed by atoms with Crippen molar-refractivity contribution in [1.82, 2.24) is 29.3 Å². The number of carbonyl (C=O) groups excluding carboxylic acids is 2. The van der Waals surface area contributed by atoms with Gasteiger partial charge in [-0.1, -0.05) is 66.7 Å². The van der Waals surface area contributed by atoms with Gasteiger partial charge in [-0.25, -0.2) is 20.0 Å². The van der Waals surface area contributed by atoms with Gasteiger partial charge in [0.15, 0.2) is 17.3 Å². The molecule has 2 amide bonds. The minimum absolute atomic E-state index is 0.0305.